The molecule has 8 nitrogen and oxygen atoms in total. The largest absolute Gasteiger partial charge is 0.355 e. The first-order valence-electron chi connectivity index (χ1n) is 8.57. The Labute approximate surface area is 153 Å². The second kappa shape index (κ2) is 8.79. The summed E-state index contributed by atoms with van der Waals surface area (Å²) in [6.07, 6.45) is 2.19. The van der Waals surface area contributed by atoms with Crippen LogP contribution >= 0.6 is 0 Å². The Kier molecular flexibility index (Phi) is 6.73. The molecule has 0 aliphatic carbocycles. The van der Waals surface area contributed by atoms with Gasteiger partial charge >= 0.3 is 0 Å². The lowest BCUT2D eigenvalue weighted by Gasteiger charge is -2.14. The number of nitrogens with zero attached hydrogens (tertiary/aromatic N) is 1. The molecular weight excluding hydrogens is 356 g/mol. The second-order valence-corrected chi connectivity index (χ2v) is 7.66. The van der Waals surface area contributed by atoms with Gasteiger partial charge in [-0.15, -0.1) is 0 Å². The molecule has 1 unspecified atom stereocenters. The Hall–Kier alpha value is -2.42. The van der Waals surface area contributed by atoms with Gasteiger partial charge in [-0.05, 0) is 18.6 Å². The number of amides is 2. The lowest BCUT2D eigenvalue weighted by molar-refractivity contribution is -0.123. The maximum atomic E-state index is 12.4. The molecule has 0 bridgehead atoms. The standard InChI is InChI=1S/C17H24N4O4S/c1-3-4-8-14(17(23)19-11-10-18-12(2)22)20-16-13-7-5-6-9-15(13)26(24,25)21-16/h5-7,9,14H,3-4,8,10-11H2,1-2H3,(H,18,22)(H,19,23)(H,20,21). The summed E-state index contributed by atoms with van der Waals surface area (Å²) in [7, 11) is -3.64. The van der Waals surface area contributed by atoms with E-state index in [2.05, 4.69) is 20.3 Å². The molecule has 1 aliphatic heterocycles. The molecule has 3 N–H and O–H groups in total. The van der Waals surface area contributed by atoms with Gasteiger partial charge in [0.05, 0.1) is 4.90 Å². The average molecular weight is 380 g/mol. The predicted octanol–water partition coefficient (Wildman–Crippen LogP) is 0.536. The monoisotopic (exact) mass is 380 g/mol. The van der Waals surface area contributed by atoms with Crippen LogP contribution in [-0.4, -0.2) is 45.2 Å². The van der Waals surface area contributed by atoms with Crippen molar-refractivity contribution in [3.63, 3.8) is 0 Å². The van der Waals surface area contributed by atoms with E-state index in [9.17, 15) is 18.0 Å². The van der Waals surface area contributed by atoms with Crippen molar-refractivity contribution in [3.05, 3.63) is 29.8 Å². The van der Waals surface area contributed by atoms with Crippen LogP contribution in [0.15, 0.2) is 34.2 Å². The fraction of sp³-hybridized carbons (Fsp3) is 0.471. The number of aliphatic imine (C=N–C) groups is 1. The summed E-state index contributed by atoms with van der Waals surface area (Å²) in [6, 6.07) is 5.85. The molecule has 0 spiro atoms. The zero-order valence-electron chi connectivity index (χ0n) is 14.9. The number of hydrogen-bond donors (Lipinski definition) is 3. The number of unbranched alkanes of at least 4 members (excludes halogenated alkanes) is 1. The van der Waals surface area contributed by atoms with E-state index in [1.165, 1.54) is 13.0 Å². The van der Waals surface area contributed by atoms with Gasteiger partial charge in [0.2, 0.25) is 11.8 Å². The topological polar surface area (TPSA) is 117 Å². The van der Waals surface area contributed by atoms with Gasteiger partial charge in [0.25, 0.3) is 10.0 Å². The molecule has 1 aromatic rings. The van der Waals surface area contributed by atoms with Crippen molar-refractivity contribution in [2.24, 2.45) is 4.99 Å². The summed E-state index contributed by atoms with van der Waals surface area (Å²) in [6.45, 7) is 4.02. The summed E-state index contributed by atoms with van der Waals surface area (Å²) >= 11 is 0. The second-order valence-electron chi connectivity index (χ2n) is 6.01. The molecule has 2 rings (SSSR count). The van der Waals surface area contributed by atoms with Crippen LogP contribution in [0.3, 0.4) is 0 Å². The first-order valence-corrected chi connectivity index (χ1v) is 10.1. The molecular formula is C17H24N4O4S. The summed E-state index contributed by atoms with van der Waals surface area (Å²) in [5.41, 5.74) is 0.472. The molecule has 1 aromatic carbocycles. The maximum Gasteiger partial charge on any atom is 0.263 e. The molecule has 0 aromatic heterocycles. The Morgan fingerprint density at radius 3 is 2.58 bits per heavy atom. The summed E-state index contributed by atoms with van der Waals surface area (Å²) in [5, 5.41) is 5.33. The third-order valence-corrected chi connectivity index (χ3v) is 5.28. The zero-order chi connectivity index (χ0) is 19.2. The normalized spacial score (nSPS) is 17.2. The Morgan fingerprint density at radius 1 is 1.19 bits per heavy atom. The number of sulfonamides is 1. The predicted molar refractivity (Wildman–Crippen MR) is 98.3 cm³/mol. The van der Waals surface area contributed by atoms with Crippen molar-refractivity contribution >= 4 is 27.7 Å². The SMILES string of the molecule is CCCCC(N=C1NS(=O)(=O)c2ccccc21)C(=O)NCCNC(C)=O. The highest BCUT2D eigenvalue weighted by Gasteiger charge is 2.31. The van der Waals surface area contributed by atoms with Crippen LogP contribution in [0.2, 0.25) is 0 Å². The number of carbonyl (C=O) groups excluding carboxylic acids is 2. The van der Waals surface area contributed by atoms with Gasteiger partial charge in [0, 0.05) is 25.6 Å². The summed E-state index contributed by atoms with van der Waals surface area (Å²) < 4.78 is 26.8. The molecule has 2 amide bonds. The average Bonchev–Trinajstić information content (AvgIpc) is 2.86. The summed E-state index contributed by atoms with van der Waals surface area (Å²) in [4.78, 5) is 27.9. The molecule has 0 saturated heterocycles. The molecule has 1 heterocycles. The lowest BCUT2D eigenvalue weighted by Crippen LogP contribution is -2.39. The fourth-order valence-corrected chi connectivity index (χ4v) is 3.82. The number of rotatable bonds is 8. The fourth-order valence-electron chi connectivity index (χ4n) is 2.58. The van der Waals surface area contributed by atoms with Gasteiger partial charge in [-0.1, -0.05) is 31.9 Å². The summed E-state index contributed by atoms with van der Waals surface area (Å²) in [5.74, 6) is -0.266. The van der Waals surface area contributed by atoms with Crippen molar-refractivity contribution in [1.29, 1.82) is 0 Å². The molecule has 1 atom stereocenters. The molecule has 0 saturated carbocycles. The van der Waals surface area contributed by atoms with E-state index in [0.29, 0.717) is 18.5 Å². The molecule has 0 fully saturated rings. The minimum atomic E-state index is -3.64. The number of fused-ring (bicyclic) bond motifs is 1. The number of hydrogen-bond acceptors (Lipinski definition) is 5. The van der Waals surface area contributed by atoms with E-state index in [0.717, 1.165) is 12.8 Å². The van der Waals surface area contributed by atoms with Gasteiger partial charge in [-0.2, -0.15) is 0 Å². The first-order chi connectivity index (χ1) is 12.3. The molecule has 9 heteroatoms. The third kappa shape index (κ3) is 5.04. The number of carbonyl (C=O) groups is 2. The molecule has 26 heavy (non-hydrogen) atoms. The van der Waals surface area contributed by atoms with Crippen molar-refractivity contribution in [2.45, 2.75) is 44.0 Å². The van der Waals surface area contributed by atoms with Gasteiger partial charge in [0.1, 0.15) is 11.9 Å². The van der Waals surface area contributed by atoms with Gasteiger partial charge in [0.15, 0.2) is 0 Å². The third-order valence-electron chi connectivity index (χ3n) is 3.88. The number of benzene rings is 1. The van der Waals surface area contributed by atoms with Gasteiger partial charge < -0.3 is 10.6 Å². The van der Waals surface area contributed by atoms with Crippen molar-refractivity contribution < 1.29 is 18.0 Å². The van der Waals surface area contributed by atoms with Crippen LogP contribution in [0.5, 0.6) is 0 Å². The Morgan fingerprint density at radius 2 is 1.88 bits per heavy atom. The minimum Gasteiger partial charge on any atom is -0.355 e. The number of amidine groups is 1. The molecule has 142 valence electrons. The van der Waals surface area contributed by atoms with Crippen LogP contribution in [0.1, 0.15) is 38.7 Å². The van der Waals surface area contributed by atoms with Gasteiger partial charge in [-0.3, -0.25) is 19.3 Å². The van der Waals surface area contributed by atoms with Crippen molar-refractivity contribution in [3.8, 4) is 0 Å². The number of nitrogens with one attached hydrogen (secondary N) is 3. The highest BCUT2D eigenvalue weighted by Crippen LogP contribution is 2.23. The highest BCUT2D eigenvalue weighted by atomic mass is 32.2. The van der Waals surface area contributed by atoms with E-state index in [1.807, 2.05) is 6.92 Å². The van der Waals surface area contributed by atoms with E-state index in [-0.39, 0.29) is 29.1 Å². The minimum absolute atomic E-state index is 0.166. The zero-order valence-corrected chi connectivity index (χ0v) is 15.7. The quantitative estimate of drug-likeness (QED) is 0.571. The maximum absolute atomic E-state index is 12.4. The Bertz CT molecular complexity index is 805. The highest BCUT2D eigenvalue weighted by molar-refractivity contribution is 7.90. The first kappa shape index (κ1) is 19.9. The Balaban J connectivity index is 2.16. The van der Waals surface area contributed by atoms with Crippen LogP contribution in [0.4, 0.5) is 0 Å². The van der Waals surface area contributed by atoms with Crippen LogP contribution in [0.25, 0.3) is 0 Å². The van der Waals surface area contributed by atoms with Crippen molar-refractivity contribution in [1.82, 2.24) is 15.4 Å². The van der Waals surface area contributed by atoms with Crippen LogP contribution in [0, 0.1) is 0 Å². The van der Waals surface area contributed by atoms with Crippen molar-refractivity contribution in [2.75, 3.05) is 13.1 Å². The lowest BCUT2D eigenvalue weighted by atomic mass is 10.1. The molecule has 0 radical (unpaired) electrons. The van der Waals surface area contributed by atoms with Gasteiger partial charge in [-0.25, -0.2) is 8.42 Å². The van der Waals surface area contributed by atoms with E-state index >= 15 is 0 Å². The molecule has 1 aliphatic rings. The van der Waals surface area contributed by atoms with Crippen LogP contribution < -0.4 is 15.4 Å². The van der Waals surface area contributed by atoms with E-state index in [1.54, 1.807) is 18.2 Å². The van der Waals surface area contributed by atoms with Crippen LogP contribution in [-0.2, 0) is 19.6 Å². The smallest absolute Gasteiger partial charge is 0.263 e. The van der Waals surface area contributed by atoms with E-state index < -0.39 is 16.1 Å². The van der Waals surface area contributed by atoms with E-state index in [4.69, 9.17) is 0 Å².